The highest BCUT2D eigenvalue weighted by molar-refractivity contribution is 5.99. The SMILES string of the molecule is c1ccc(-c2cccc(N(c3ccc(-c4ccc5c(c4)C4(c6ccccc6Oc6ccccc64)c4ccccc4-5)cc3)c3cccc4c3-c3ccccc3C43c4ccccc4Oc4ccccc43)c2)cc1. The van der Waals surface area contributed by atoms with Gasteiger partial charge in [0.1, 0.15) is 23.0 Å². The van der Waals surface area contributed by atoms with E-state index in [1.807, 2.05) is 0 Å². The fraction of sp³-hybridized carbons (Fsp3) is 0.0294. The van der Waals surface area contributed by atoms with Crippen LogP contribution in [0.2, 0.25) is 0 Å². The number of benzene rings is 11. The summed E-state index contributed by atoms with van der Waals surface area (Å²) >= 11 is 0. The van der Waals surface area contributed by atoms with Crippen LogP contribution >= 0.6 is 0 Å². The maximum absolute atomic E-state index is 6.70. The predicted molar refractivity (Wildman–Crippen MR) is 287 cm³/mol. The van der Waals surface area contributed by atoms with Crippen molar-refractivity contribution in [3.05, 3.63) is 305 Å². The molecule has 0 unspecified atom stereocenters. The Morgan fingerprint density at radius 1 is 0.254 bits per heavy atom. The van der Waals surface area contributed by atoms with Gasteiger partial charge >= 0.3 is 0 Å². The van der Waals surface area contributed by atoms with Crippen molar-refractivity contribution in [3.63, 3.8) is 0 Å². The Labute approximate surface area is 413 Å². The molecule has 15 rings (SSSR count). The third-order valence-corrected chi connectivity index (χ3v) is 15.6. The van der Waals surface area contributed by atoms with Gasteiger partial charge in [0, 0.05) is 39.2 Å². The van der Waals surface area contributed by atoms with Gasteiger partial charge in [0.25, 0.3) is 0 Å². The number of fused-ring (bicyclic) bond motifs is 18. The molecule has 0 N–H and O–H groups in total. The first kappa shape index (κ1) is 39.8. The van der Waals surface area contributed by atoms with Crippen LogP contribution in [0.4, 0.5) is 17.1 Å². The van der Waals surface area contributed by atoms with Gasteiger partial charge in [0.05, 0.1) is 16.5 Å². The summed E-state index contributed by atoms with van der Waals surface area (Å²) in [7, 11) is 0. The molecule has 3 heteroatoms. The average Bonchev–Trinajstić information content (AvgIpc) is 3.90. The summed E-state index contributed by atoms with van der Waals surface area (Å²) in [6, 6.07) is 95.1. The van der Waals surface area contributed by atoms with E-state index in [2.05, 4.69) is 266 Å². The molecule has 71 heavy (non-hydrogen) atoms. The van der Waals surface area contributed by atoms with Crippen molar-refractivity contribution in [3.8, 4) is 67.5 Å². The lowest BCUT2D eigenvalue weighted by Crippen LogP contribution is -2.32. The van der Waals surface area contributed by atoms with Crippen molar-refractivity contribution in [2.75, 3.05) is 4.90 Å². The first-order valence-electron chi connectivity index (χ1n) is 24.5. The molecule has 4 aliphatic rings. The first-order chi connectivity index (χ1) is 35.2. The van der Waals surface area contributed by atoms with Gasteiger partial charge in [-0.25, -0.2) is 0 Å². The second-order valence-corrected chi connectivity index (χ2v) is 19.0. The molecule has 0 bridgehead atoms. The number of para-hydroxylation sites is 4. The summed E-state index contributed by atoms with van der Waals surface area (Å²) in [5.41, 5.74) is 21.4. The highest BCUT2D eigenvalue weighted by Gasteiger charge is 2.53. The Balaban J connectivity index is 0.927. The lowest BCUT2D eigenvalue weighted by atomic mass is 9.66. The van der Waals surface area contributed by atoms with E-state index in [1.54, 1.807) is 0 Å². The van der Waals surface area contributed by atoms with Gasteiger partial charge in [0.2, 0.25) is 0 Å². The summed E-state index contributed by atoms with van der Waals surface area (Å²) in [4.78, 5) is 2.46. The molecule has 332 valence electrons. The highest BCUT2D eigenvalue weighted by atomic mass is 16.5. The molecule has 0 aromatic heterocycles. The minimum absolute atomic E-state index is 0.541. The zero-order valence-corrected chi connectivity index (χ0v) is 38.6. The molecule has 2 heterocycles. The third kappa shape index (κ3) is 5.49. The smallest absolute Gasteiger partial charge is 0.132 e. The number of hydrogen-bond acceptors (Lipinski definition) is 3. The van der Waals surface area contributed by atoms with Gasteiger partial charge in [-0.1, -0.05) is 200 Å². The van der Waals surface area contributed by atoms with Crippen molar-refractivity contribution in [2.24, 2.45) is 0 Å². The van der Waals surface area contributed by atoms with Crippen molar-refractivity contribution >= 4 is 17.1 Å². The summed E-state index contributed by atoms with van der Waals surface area (Å²) in [5.74, 6) is 3.56. The molecule has 2 spiro atoms. The van der Waals surface area contributed by atoms with Crippen LogP contribution in [0.5, 0.6) is 23.0 Å². The van der Waals surface area contributed by atoms with Gasteiger partial charge in [-0.15, -0.1) is 0 Å². The largest absolute Gasteiger partial charge is 0.457 e. The molecule has 2 aliphatic heterocycles. The van der Waals surface area contributed by atoms with Crippen LogP contribution in [0, 0.1) is 0 Å². The lowest BCUT2D eigenvalue weighted by molar-refractivity contribution is 0.436. The summed E-state index contributed by atoms with van der Waals surface area (Å²) in [6.45, 7) is 0. The maximum Gasteiger partial charge on any atom is 0.132 e. The zero-order valence-electron chi connectivity index (χ0n) is 38.6. The molecule has 0 saturated heterocycles. The number of anilines is 3. The topological polar surface area (TPSA) is 21.7 Å². The lowest BCUT2D eigenvalue weighted by Gasteiger charge is -2.39. The van der Waals surface area contributed by atoms with E-state index in [1.165, 1.54) is 50.1 Å². The van der Waals surface area contributed by atoms with Crippen molar-refractivity contribution in [1.82, 2.24) is 0 Å². The fourth-order valence-corrected chi connectivity index (χ4v) is 12.8. The maximum atomic E-state index is 6.70. The number of nitrogens with zero attached hydrogens (tertiary/aromatic N) is 1. The van der Waals surface area contributed by atoms with Gasteiger partial charge in [-0.2, -0.15) is 0 Å². The predicted octanol–water partition coefficient (Wildman–Crippen LogP) is 17.4. The molecule has 0 saturated carbocycles. The number of ether oxygens (including phenoxy) is 2. The van der Waals surface area contributed by atoms with E-state index in [0.717, 1.165) is 79.0 Å². The van der Waals surface area contributed by atoms with Crippen LogP contribution in [0.15, 0.2) is 261 Å². The molecule has 0 fully saturated rings. The number of rotatable bonds is 5. The molecule has 11 aromatic carbocycles. The van der Waals surface area contributed by atoms with Crippen molar-refractivity contribution in [2.45, 2.75) is 10.8 Å². The van der Waals surface area contributed by atoms with E-state index < -0.39 is 10.8 Å². The molecular weight excluding hydrogens is 863 g/mol. The molecule has 0 amide bonds. The Morgan fingerprint density at radius 3 is 1.30 bits per heavy atom. The van der Waals surface area contributed by atoms with E-state index in [9.17, 15) is 0 Å². The third-order valence-electron chi connectivity index (χ3n) is 15.6. The van der Waals surface area contributed by atoms with Crippen molar-refractivity contribution < 1.29 is 9.47 Å². The summed E-state index contributed by atoms with van der Waals surface area (Å²) in [5, 5.41) is 0. The molecule has 2 aliphatic carbocycles. The van der Waals surface area contributed by atoms with Gasteiger partial charge in [-0.05, 0) is 122 Å². The zero-order chi connectivity index (χ0) is 46.7. The van der Waals surface area contributed by atoms with Gasteiger partial charge in [-0.3, -0.25) is 0 Å². The standard InChI is InChI=1S/C68H43NO2/c1-2-18-44(19-3-1)46-20-16-21-49(42-46)69(61-31-17-30-59-66(61)52-23-5-7-25-54(52)67(59)55-26-8-12-32-62(55)70-63-33-13-9-27-56(63)67)48-39-36-45(37-40-48)47-38-41-51-50-22-4-6-24-53(50)68(60(51)43-47)57-28-10-14-34-64(57)71-65-35-15-11-29-58(65)68/h1-43H. The van der Waals surface area contributed by atoms with Crippen LogP contribution in [0.1, 0.15) is 44.5 Å². The second kappa shape index (κ2) is 15.2. The van der Waals surface area contributed by atoms with Crippen LogP contribution in [-0.4, -0.2) is 0 Å². The monoisotopic (exact) mass is 905 g/mol. The fourth-order valence-electron chi connectivity index (χ4n) is 12.8. The van der Waals surface area contributed by atoms with Crippen LogP contribution < -0.4 is 14.4 Å². The second-order valence-electron chi connectivity index (χ2n) is 19.0. The summed E-state index contributed by atoms with van der Waals surface area (Å²) < 4.78 is 13.4. The highest BCUT2D eigenvalue weighted by Crippen LogP contribution is 2.65. The molecule has 3 nitrogen and oxygen atoms in total. The van der Waals surface area contributed by atoms with Crippen LogP contribution in [-0.2, 0) is 10.8 Å². The van der Waals surface area contributed by atoms with Crippen LogP contribution in [0.25, 0.3) is 44.5 Å². The van der Waals surface area contributed by atoms with Crippen molar-refractivity contribution in [1.29, 1.82) is 0 Å². The molecular formula is C68H43NO2. The molecule has 11 aromatic rings. The van der Waals surface area contributed by atoms with Gasteiger partial charge < -0.3 is 14.4 Å². The van der Waals surface area contributed by atoms with E-state index >= 15 is 0 Å². The minimum atomic E-state index is -0.592. The Hall–Kier alpha value is -9.18. The van der Waals surface area contributed by atoms with E-state index in [4.69, 9.17) is 9.47 Å². The molecule has 0 atom stereocenters. The molecule has 0 radical (unpaired) electrons. The van der Waals surface area contributed by atoms with E-state index in [0.29, 0.717) is 0 Å². The quantitative estimate of drug-likeness (QED) is 0.172. The number of hydrogen-bond donors (Lipinski definition) is 0. The normalized spacial score (nSPS) is 14.1. The Morgan fingerprint density at radius 2 is 0.676 bits per heavy atom. The Kier molecular flexibility index (Phi) is 8.49. The van der Waals surface area contributed by atoms with E-state index in [-0.39, 0.29) is 0 Å². The van der Waals surface area contributed by atoms with Crippen LogP contribution in [0.3, 0.4) is 0 Å². The summed E-state index contributed by atoms with van der Waals surface area (Å²) in [6.07, 6.45) is 0. The Bertz CT molecular complexity index is 3870. The average molecular weight is 906 g/mol. The first-order valence-corrected chi connectivity index (χ1v) is 24.5. The minimum Gasteiger partial charge on any atom is -0.457 e. The van der Waals surface area contributed by atoms with Gasteiger partial charge in [0.15, 0.2) is 0 Å².